The molecule has 0 saturated heterocycles. The molecule has 0 radical (unpaired) electrons. The summed E-state index contributed by atoms with van der Waals surface area (Å²) in [5.74, 6) is 0.405. The third-order valence-electron chi connectivity index (χ3n) is 1.97. The lowest BCUT2D eigenvalue weighted by atomic mass is 10.5. The number of halogens is 1. The first kappa shape index (κ1) is 12.6. The molecule has 3 N–H and O–H groups in total. The lowest BCUT2D eigenvalue weighted by Crippen LogP contribution is -2.12. The van der Waals surface area contributed by atoms with Gasteiger partial charge in [0.15, 0.2) is 4.67 Å². The Morgan fingerprint density at radius 2 is 2.29 bits per heavy atom. The predicted molar refractivity (Wildman–Crippen MR) is 69.4 cm³/mol. The van der Waals surface area contributed by atoms with Crippen LogP contribution in [-0.4, -0.2) is 8.42 Å². The van der Waals surface area contributed by atoms with Crippen molar-refractivity contribution in [2.24, 2.45) is 5.73 Å². The number of hydrogen-bond acceptors (Lipinski definition) is 5. The third kappa shape index (κ3) is 2.71. The fourth-order valence-electron chi connectivity index (χ4n) is 1.21. The molecule has 0 amide bonds. The maximum Gasteiger partial charge on any atom is 0.266 e. The number of rotatable bonds is 4. The average Bonchev–Trinajstić information content (AvgIpc) is 2.86. The van der Waals surface area contributed by atoms with Gasteiger partial charge in [0, 0.05) is 11.4 Å². The van der Waals surface area contributed by atoms with Crippen LogP contribution in [0.25, 0.3) is 0 Å². The van der Waals surface area contributed by atoms with E-state index in [0.717, 1.165) is 0 Å². The van der Waals surface area contributed by atoms with Crippen LogP contribution in [0.1, 0.15) is 5.76 Å². The molecule has 92 valence electrons. The van der Waals surface area contributed by atoms with Gasteiger partial charge in [-0.25, -0.2) is 8.42 Å². The lowest BCUT2D eigenvalue weighted by molar-refractivity contribution is 0.484. The van der Waals surface area contributed by atoms with Crippen LogP contribution in [0.3, 0.4) is 0 Å². The topological polar surface area (TPSA) is 85.3 Å². The van der Waals surface area contributed by atoms with E-state index in [1.807, 2.05) is 0 Å². The van der Waals surface area contributed by atoms with E-state index in [4.69, 9.17) is 10.2 Å². The summed E-state index contributed by atoms with van der Waals surface area (Å²) in [6.07, 6.45) is 0. The summed E-state index contributed by atoms with van der Waals surface area (Å²) in [5, 5.41) is 3.49. The molecule has 0 atom stereocenters. The molecule has 0 unspecified atom stereocenters. The van der Waals surface area contributed by atoms with Crippen molar-refractivity contribution in [1.29, 1.82) is 0 Å². The highest BCUT2D eigenvalue weighted by Gasteiger charge is 2.22. The molecule has 0 aliphatic heterocycles. The van der Waals surface area contributed by atoms with E-state index >= 15 is 0 Å². The van der Waals surface area contributed by atoms with Crippen LogP contribution >= 0.6 is 27.3 Å². The van der Waals surface area contributed by atoms with Gasteiger partial charge < -0.3 is 10.2 Å². The minimum atomic E-state index is -3.64. The lowest BCUT2D eigenvalue weighted by Gasteiger charge is -2.03. The van der Waals surface area contributed by atoms with Crippen molar-refractivity contribution < 1.29 is 12.8 Å². The molecule has 0 bridgehead atoms. The Morgan fingerprint density at radius 1 is 1.53 bits per heavy atom. The van der Waals surface area contributed by atoms with Crippen LogP contribution in [0.15, 0.2) is 36.9 Å². The Bertz CT molecular complexity index is 604. The number of hydrogen-bond donors (Lipinski definition) is 2. The van der Waals surface area contributed by atoms with E-state index in [1.165, 1.54) is 17.4 Å². The van der Waals surface area contributed by atoms with Crippen molar-refractivity contribution in [1.82, 2.24) is 0 Å². The van der Waals surface area contributed by atoms with Crippen LogP contribution in [0.4, 0.5) is 5.69 Å². The van der Waals surface area contributed by atoms with Crippen LogP contribution in [-0.2, 0) is 16.6 Å². The van der Waals surface area contributed by atoms with Crippen molar-refractivity contribution in [2.75, 3.05) is 4.72 Å². The second-order valence-electron chi connectivity index (χ2n) is 3.17. The van der Waals surface area contributed by atoms with E-state index in [9.17, 15) is 8.42 Å². The van der Waals surface area contributed by atoms with Gasteiger partial charge in [0.1, 0.15) is 10.7 Å². The Morgan fingerprint density at radius 3 is 2.82 bits per heavy atom. The summed E-state index contributed by atoms with van der Waals surface area (Å²) in [6, 6.07) is 3.08. The molecule has 0 spiro atoms. The largest absolute Gasteiger partial charge is 0.452 e. The normalized spacial score (nSPS) is 11.6. The number of anilines is 1. The minimum absolute atomic E-state index is 0.0455. The highest BCUT2D eigenvalue weighted by Crippen LogP contribution is 2.28. The highest BCUT2D eigenvalue weighted by atomic mass is 79.9. The molecule has 8 heteroatoms. The van der Waals surface area contributed by atoms with Crippen LogP contribution in [0.5, 0.6) is 0 Å². The van der Waals surface area contributed by atoms with E-state index < -0.39 is 10.0 Å². The molecule has 2 rings (SSSR count). The van der Waals surface area contributed by atoms with Gasteiger partial charge >= 0.3 is 0 Å². The maximum absolute atomic E-state index is 12.0. The van der Waals surface area contributed by atoms with Gasteiger partial charge in [-0.1, -0.05) is 0 Å². The molecular formula is C9H9BrN2O3S2. The molecule has 0 saturated carbocycles. The van der Waals surface area contributed by atoms with Crippen LogP contribution in [0, 0.1) is 0 Å². The highest BCUT2D eigenvalue weighted by molar-refractivity contribution is 9.10. The van der Waals surface area contributed by atoms with E-state index in [1.54, 1.807) is 16.8 Å². The second-order valence-corrected chi connectivity index (χ2v) is 6.32. The Kier molecular flexibility index (Phi) is 3.57. The van der Waals surface area contributed by atoms with E-state index in [-0.39, 0.29) is 16.1 Å². The van der Waals surface area contributed by atoms with Gasteiger partial charge in [0.25, 0.3) is 10.0 Å². The second kappa shape index (κ2) is 4.81. The molecule has 0 aromatic carbocycles. The minimum Gasteiger partial charge on any atom is -0.452 e. The first-order valence-corrected chi connectivity index (χ1v) is 7.78. The molecular weight excluding hydrogens is 328 g/mol. The maximum atomic E-state index is 12.0. The molecule has 2 aromatic heterocycles. The van der Waals surface area contributed by atoms with E-state index in [0.29, 0.717) is 11.4 Å². The predicted octanol–water partition coefficient (Wildman–Crippen LogP) is 2.36. The van der Waals surface area contributed by atoms with Gasteiger partial charge in [-0.2, -0.15) is 11.3 Å². The molecule has 2 aromatic rings. The van der Waals surface area contributed by atoms with Crippen LogP contribution < -0.4 is 10.5 Å². The van der Waals surface area contributed by atoms with Crippen molar-refractivity contribution in [3.05, 3.63) is 33.3 Å². The first-order chi connectivity index (χ1) is 8.03. The summed E-state index contributed by atoms with van der Waals surface area (Å²) < 4.78 is 31.8. The Balaban J connectivity index is 2.34. The van der Waals surface area contributed by atoms with Crippen molar-refractivity contribution in [3.8, 4) is 0 Å². The van der Waals surface area contributed by atoms with Crippen molar-refractivity contribution in [2.45, 2.75) is 11.4 Å². The zero-order valence-electron chi connectivity index (χ0n) is 8.51. The van der Waals surface area contributed by atoms with Gasteiger partial charge in [0.05, 0.1) is 12.2 Å². The number of nitrogens with one attached hydrogen (secondary N) is 1. The zero-order chi connectivity index (χ0) is 12.5. The van der Waals surface area contributed by atoms with Gasteiger partial charge in [-0.05, 0) is 27.4 Å². The molecule has 0 aliphatic carbocycles. The van der Waals surface area contributed by atoms with Gasteiger partial charge in [-0.15, -0.1) is 0 Å². The Labute approximate surface area is 111 Å². The van der Waals surface area contributed by atoms with Crippen molar-refractivity contribution >= 4 is 43.0 Å². The fraction of sp³-hybridized carbons (Fsp3) is 0.111. The zero-order valence-corrected chi connectivity index (χ0v) is 11.7. The molecule has 5 nitrogen and oxygen atoms in total. The van der Waals surface area contributed by atoms with Gasteiger partial charge in [0.2, 0.25) is 0 Å². The third-order valence-corrected chi connectivity index (χ3v) is 4.89. The van der Waals surface area contributed by atoms with Crippen LogP contribution in [0.2, 0.25) is 0 Å². The average molecular weight is 337 g/mol. The number of sulfonamides is 1. The smallest absolute Gasteiger partial charge is 0.266 e. The monoisotopic (exact) mass is 336 g/mol. The summed E-state index contributed by atoms with van der Waals surface area (Å²) >= 11 is 4.47. The summed E-state index contributed by atoms with van der Waals surface area (Å²) in [6.45, 7) is 0.145. The van der Waals surface area contributed by atoms with E-state index in [2.05, 4.69) is 20.7 Å². The number of furan rings is 1. The van der Waals surface area contributed by atoms with Crippen molar-refractivity contribution in [3.63, 3.8) is 0 Å². The SMILES string of the molecule is NCc1cc(S(=O)(=O)Nc2ccsc2)c(Br)o1. The quantitative estimate of drug-likeness (QED) is 0.897. The molecule has 0 aliphatic rings. The first-order valence-electron chi connectivity index (χ1n) is 4.56. The number of thiophene rings is 1. The van der Waals surface area contributed by atoms with Gasteiger partial charge in [-0.3, -0.25) is 4.72 Å². The standard InChI is InChI=1S/C9H9BrN2O3S2/c10-9-8(3-7(4-11)15-9)17(13,14)12-6-1-2-16-5-6/h1-3,5,12H,4,11H2. The molecule has 2 heterocycles. The summed E-state index contributed by atoms with van der Waals surface area (Å²) in [5.41, 5.74) is 5.91. The summed E-state index contributed by atoms with van der Waals surface area (Å²) in [7, 11) is -3.64. The summed E-state index contributed by atoms with van der Waals surface area (Å²) in [4.78, 5) is 0.0455. The number of nitrogens with two attached hydrogens (primary N) is 1. The fourth-order valence-corrected chi connectivity index (χ4v) is 3.93. The molecule has 0 fully saturated rings. The Hall–Kier alpha value is -0.830. The molecule has 17 heavy (non-hydrogen) atoms.